The molecule has 0 aromatic carbocycles. The Morgan fingerprint density at radius 1 is 1.47 bits per heavy atom. The Hall–Kier alpha value is -1.65. The van der Waals surface area contributed by atoms with E-state index in [1.54, 1.807) is 18.6 Å². The van der Waals surface area contributed by atoms with Crippen LogP contribution in [0.5, 0.6) is 0 Å². The summed E-state index contributed by atoms with van der Waals surface area (Å²) < 4.78 is 0. The zero-order chi connectivity index (χ0) is 12.1. The molecule has 0 unspecified atom stereocenters. The number of rotatable bonds is 5. The summed E-state index contributed by atoms with van der Waals surface area (Å²) in [6.45, 7) is 4.89. The van der Waals surface area contributed by atoms with Gasteiger partial charge in [-0.2, -0.15) is 5.10 Å². The molecular formula is C12H13ClN4. The van der Waals surface area contributed by atoms with Crippen molar-refractivity contribution in [1.82, 2.24) is 20.5 Å². The van der Waals surface area contributed by atoms with Gasteiger partial charge >= 0.3 is 0 Å². The molecule has 0 radical (unpaired) electrons. The smallest absolute Gasteiger partial charge is 0.0710 e. The maximum absolute atomic E-state index is 5.68. The number of aromatic amines is 1. The molecule has 2 heterocycles. The van der Waals surface area contributed by atoms with Gasteiger partial charge in [0.1, 0.15) is 0 Å². The number of H-pyrrole nitrogens is 1. The highest BCUT2D eigenvalue weighted by Gasteiger charge is 2.06. The fraction of sp³-hybridized carbons (Fsp3) is 0.167. The van der Waals surface area contributed by atoms with Crippen LogP contribution in [-0.2, 0) is 6.54 Å². The topological polar surface area (TPSA) is 53.6 Å². The first kappa shape index (κ1) is 11.8. The third-order valence-corrected chi connectivity index (χ3v) is 2.43. The Morgan fingerprint density at radius 3 is 3.06 bits per heavy atom. The van der Waals surface area contributed by atoms with Gasteiger partial charge in [0.2, 0.25) is 0 Å². The molecule has 0 aliphatic heterocycles. The van der Waals surface area contributed by atoms with E-state index in [9.17, 15) is 0 Å². The number of hydrogen-bond donors (Lipinski definition) is 2. The van der Waals surface area contributed by atoms with Crippen molar-refractivity contribution in [1.29, 1.82) is 0 Å². The van der Waals surface area contributed by atoms with Crippen LogP contribution in [0.1, 0.15) is 5.56 Å². The molecule has 2 aromatic heterocycles. The van der Waals surface area contributed by atoms with Gasteiger partial charge in [-0.05, 0) is 12.1 Å². The van der Waals surface area contributed by atoms with Gasteiger partial charge in [-0.15, -0.1) is 0 Å². The number of nitrogens with zero attached hydrogens (tertiary/aromatic N) is 2. The second kappa shape index (κ2) is 5.61. The van der Waals surface area contributed by atoms with Crippen LogP contribution in [0.15, 0.2) is 42.3 Å². The molecular weight excluding hydrogens is 236 g/mol. The van der Waals surface area contributed by atoms with E-state index in [2.05, 4.69) is 27.1 Å². The van der Waals surface area contributed by atoms with Crippen molar-refractivity contribution in [3.8, 4) is 11.3 Å². The van der Waals surface area contributed by atoms with Gasteiger partial charge in [-0.1, -0.05) is 18.2 Å². The SMILES string of the molecule is C=C(Cl)CNCc1cn[nH]c1-c1cccnc1. The van der Waals surface area contributed by atoms with Gasteiger partial charge in [-0.3, -0.25) is 10.1 Å². The normalized spacial score (nSPS) is 10.4. The van der Waals surface area contributed by atoms with Crippen LogP contribution < -0.4 is 5.32 Å². The lowest BCUT2D eigenvalue weighted by atomic mass is 10.1. The van der Waals surface area contributed by atoms with E-state index >= 15 is 0 Å². The summed E-state index contributed by atoms with van der Waals surface area (Å²) in [6, 6.07) is 3.89. The highest BCUT2D eigenvalue weighted by Crippen LogP contribution is 2.19. The lowest BCUT2D eigenvalue weighted by molar-refractivity contribution is 0.756. The largest absolute Gasteiger partial charge is 0.308 e. The van der Waals surface area contributed by atoms with Crippen LogP contribution >= 0.6 is 11.6 Å². The molecule has 0 atom stereocenters. The van der Waals surface area contributed by atoms with Crippen molar-refractivity contribution in [2.75, 3.05) is 6.54 Å². The Morgan fingerprint density at radius 2 is 2.35 bits per heavy atom. The summed E-state index contributed by atoms with van der Waals surface area (Å²) >= 11 is 5.68. The van der Waals surface area contributed by atoms with E-state index in [0.29, 0.717) is 18.1 Å². The van der Waals surface area contributed by atoms with Crippen LogP contribution in [0, 0.1) is 0 Å². The molecule has 0 fully saturated rings. The molecule has 0 aliphatic rings. The fourth-order valence-corrected chi connectivity index (χ4v) is 1.63. The summed E-state index contributed by atoms with van der Waals surface area (Å²) in [7, 11) is 0. The van der Waals surface area contributed by atoms with Crippen molar-refractivity contribution in [3.63, 3.8) is 0 Å². The first-order chi connectivity index (χ1) is 8.27. The minimum absolute atomic E-state index is 0.583. The Labute approximate surface area is 105 Å². The summed E-state index contributed by atoms with van der Waals surface area (Å²) in [6.07, 6.45) is 5.35. The fourth-order valence-electron chi connectivity index (χ4n) is 1.54. The molecule has 0 spiro atoms. The van der Waals surface area contributed by atoms with Gasteiger partial charge in [-0.25, -0.2) is 0 Å². The van der Waals surface area contributed by atoms with Crippen molar-refractivity contribution in [2.45, 2.75) is 6.54 Å². The number of pyridine rings is 1. The van der Waals surface area contributed by atoms with Crippen LogP contribution in [-0.4, -0.2) is 21.7 Å². The molecule has 2 rings (SSSR count). The first-order valence-electron chi connectivity index (χ1n) is 5.24. The highest BCUT2D eigenvalue weighted by molar-refractivity contribution is 6.29. The van der Waals surface area contributed by atoms with Crippen molar-refractivity contribution in [2.24, 2.45) is 0 Å². The predicted molar refractivity (Wildman–Crippen MR) is 68.5 cm³/mol. The van der Waals surface area contributed by atoms with Gasteiger partial charge in [0.25, 0.3) is 0 Å². The standard InChI is InChI=1S/C12H13ClN4/c1-9(13)5-15-7-11-8-16-17-12(11)10-3-2-4-14-6-10/h2-4,6,8,15H,1,5,7H2,(H,16,17). The van der Waals surface area contributed by atoms with Crippen molar-refractivity contribution >= 4 is 11.6 Å². The molecule has 2 N–H and O–H groups in total. The van der Waals surface area contributed by atoms with Crippen LogP contribution in [0.3, 0.4) is 0 Å². The van der Waals surface area contributed by atoms with E-state index in [4.69, 9.17) is 11.6 Å². The molecule has 17 heavy (non-hydrogen) atoms. The minimum atomic E-state index is 0.583. The Kier molecular flexibility index (Phi) is 3.90. The number of halogens is 1. The van der Waals surface area contributed by atoms with E-state index < -0.39 is 0 Å². The summed E-state index contributed by atoms with van der Waals surface area (Å²) in [5, 5.41) is 10.8. The molecule has 2 aromatic rings. The third-order valence-electron chi connectivity index (χ3n) is 2.30. The monoisotopic (exact) mass is 248 g/mol. The molecule has 5 heteroatoms. The maximum Gasteiger partial charge on any atom is 0.0710 e. The van der Waals surface area contributed by atoms with Crippen molar-refractivity contribution < 1.29 is 0 Å². The number of aromatic nitrogens is 3. The maximum atomic E-state index is 5.68. The number of hydrogen-bond acceptors (Lipinski definition) is 3. The van der Waals surface area contributed by atoms with Crippen molar-refractivity contribution in [3.05, 3.63) is 47.9 Å². The lowest BCUT2D eigenvalue weighted by Gasteiger charge is -2.04. The van der Waals surface area contributed by atoms with Gasteiger partial charge in [0.15, 0.2) is 0 Å². The number of nitrogens with one attached hydrogen (secondary N) is 2. The van der Waals surface area contributed by atoms with E-state index in [-0.39, 0.29) is 0 Å². The molecule has 0 saturated heterocycles. The molecule has 0 bridgehead atoms. The lowest BCUT2D eigenvalue weighted by Crippen LogP contribution is -2.14. The van der Waals surface area contributed by atoms with Crippen LogP contribution in [0.25, 0.3) is 11.3 Å². The van der Waals surface area contributed by atoms with E-state index in [1.807, 2.05) is 12.1 Å². The van der Waals surface area contributed by atoms with E-state index in [0.717, 1.165) is 16.8 Å². The average molecular weight is 249 g/mol. The van der Waals surface area contributed by atoms with Gasteiger partial charge < -0.3 is 5.32 Å². The average Bonchev–Trinajstić information content (AvgIpc) is 2.78. The Bertz CT molecular complexity index is 492. The second-order valence-corrected chi connectivity index (χ2v) is 4.17. The minimum Gasteiger partial charge on any atom is -0.308 e. The first-order valence-corrected chi connectivity index (χ1v) is 5.62. The zero-order valence-electron chi connectivity index (χ0n) is 9.28. The molecule has 0 saturated carbocycles. The zero-order valence-corrected chi connectivity index (χ0v) is 10.0. The third kappa shape index (κ3) is 3.15. The van der Waals surface area contributed by atoms with Gasteiger partial charge in [0, 0.05) is 41.6 Å². The summed E-state index contributed by atoms with van der Waals surface area (Å²) in [4.78, 5) is 4.09. The molecule has 88 valence electrons. The summed E-state index contributed by atoms with van der Waals surface area (Å²) in [5.74, 6) is 0. The van der Waals surface area contributed by atoms with Crippen LogP contribution in [0.4, 0.5) is 0 Å². The predicted octanol–water partition coefficient (Wildman–Crippen LogP) is 2.31. The second-order valence-electron chi connectivity index (χ2n) is 3.63. The quantitative estimate of drug-likeness (QED) is 0.854. The van der Waals surface area contributed by atoms with E-state index in [1.165, 1.54) is 0 Å². The highest BCUT2D eigenvalue weighted by atomic mass is 35.5. The molecule has 4 nitrogen and oxygen atoms in total. The Balaban J connectivity index is 2.10. The van der Waals surface area contributed by atoms with Gasteiger partial charge in [0.05, 0.1) is 11.9 Å². The molecule has 0 aliphatic carbocycles. The molecule has 0 amide bonds. The van der Waals surface area contributed by atoms with Crippen LogP contribution in [0.2, 0.25) is 0 Å². The summed E-state index contributed by atoms with van der Waals surface area (Å²) in [5.41, 5.74) is 3.08.